The number of hydrogen-bond acceptors (Lipinski definition) is 7. The zero-order valence-electron chi connectivity index (χ0n) is 19.0. The molecule has 0 saturated carbocycles. The Morgan fingerprint density at radius 3 is 2.57 bits per heavy atom. The number of amides is 1. The van der Waals surface area contributed by atoms with Crippen LogP contribution in [0.15, 0.2) is 42.9 Å². The molecule has 8 nitrogen and oxygen atoms in total. The van der Waals surface area contributed by atoms with Crippen LogP contribution in [0.2, 0.25) is 0 Å². The highest BCUT2D eigenvalue weighted by atomic mass is 19.4. The number of hydrogen-bond donors (Lipinski definition) is 1. The fourth-order valence-electron chi connectivity index (χ4n) is 3.73. The van der Waals surface area contributed by atoms with Crippen LogP contribution in [0.4, 0.5) is 34.1 Å². The molecule has 4 rings (SSSR count). The van der Waals surface area contributed by atoms with Gasteiger partial charge < -0.3 is 10.1 Å². The normalized spacial score (nSPS) is 17.7. The molecule has 0 bridgehead atoms. The van der Waals surface area contributed by atoms with E-state index < -0.39 is 30.2 Å². The van der Waals surface area contributed by atoms with Crippen molar-refractivity contribution in [1.29, 1.82) is 0 Å². The van der Waals surface area contributed by atoms with Gasteiger partial charge in [0.05, 0.1) is 11.7 Å². The zero-order chi connectivity index (χ0) is 25.3. The van der Waals surface area contributed by atoms with Gasteiger partial charge in [-0.2, -0.15) is 18.2 Å². The van der Waals surface area contributed by atoms with Gasteiger partial charge in [0.25, 0.3) is 0 Å². The average molecular weight is 490 g/mol. The highest BCUT2D eigenvalue weighted by Gasteiger charge is 2.39. The number of aryl methyl sites for hydroxylation is 1. The van der Waals surface area contributed by atoms with Gasteiger partial charge in [-0.1, -0.05) is 0 Å². The summed E-state index contributed by atoms with van der Waals surface area (Å²) >= 11 is 0. The van der Waals surface area contributed by atoms with Crippen LogP contribution in [0.3, 0.4) is 0 Å². The Kier molecular flexibility index (Phi) is 6.55. The summed E-state index contributed by atoms with van der Waals surface area (Å²) in [7, 11) is 0. The molecule has 0 aliphatic carbocycles. The maximum atomic E-state index is 13.9. The highest BCUT2D eigenvalue weighted by Crippen LogP contribution is 2.32. The number of cyclic esters (lactones) is 1. The van der Waals surface area contributed by atoms with Crippen LogP contribution in [0.25, 0.3) is 11.1 Å². The predicted molar refractivity (Wildman–Crippen MR) is 119 cm³/mol. The molecule has 1 aliphatic heterocycles. The molecule has 35 heavy (non-hydrogen) atoms. The third-order valence-corrected chi connectivity index (χ3v) is 5.61. The van der Waals surface area contributed by atoms with Crippen molar-refractivity contribution in [3.63, 3.8) is 0 Å². The molecule has 1 amide bonds. The van der Waals surface area contributed by atoms with Gasteiger partial charge >= 0.3 is 12.3 Å². The first kappa shape index (κ1) is 24.3. The van der Waals surface area contributed by atoms with Crippen LogP contribution < -0.4 is 10.2 Å². The van der Waals surface area contributed by atoms with Gasteiger partial charge in [0, 0.05) is 24.2 Å². The molecule has 12 heteroatoms. The molecule has 0 spiro atoms. The minimum atomic E-state index is -4.54. The topological polar surface area (TPSA) is 93.1 Å². The van der Waals surface area contributed by atoms with Crippen LogP contribution >= 0.6 is 0 Å². The molecule has 1 aliphatic rings. The summed E-state index contributed by atoms with van der Waals surface area (Å²) in [6.45, 7) is 4.85. The van der Waals surface area contributed by atoms with Gasteiger partial charge in [0.1, 0.15) is 30.3 Å². The first-order chi connectivity index (χ1) is 16.5. The molecule has 3 atom stereocenters. The number of aromatic nitrogens is 4. The van der Waals surface area contributed by atoms with E-state index in [1.807, 2.05) is 6.92 Å². The number of carbonyl (C=O) groups is 1. The van der Waals surface area contributed by atoms with Crippen molar-refractivity contribution in [3.05, 3.63) is 59.8 Å². The number of rotatable bonds is 6. The molecule has 1 saturated heterocycles. The van der Waals surface area contributed by atoms with E-state index in [1.165, 1.54) is 31.5 Å². The molecule has 0 aromatic carbocycles. The summed E-state index contributed by atoms with van der Waals surface area (Å²) in [5, 5.41) is 3.08. The van der Waals surface area contributed by atoms with Crippen molar-refractivity contribution in [2.45, 2.75) is 45.2 Å². The lowest BCUT2D eigenvalue weighted by Gasteiger charge is -2.22. The number of nitrogens with zero attached hydrogens (tertiary/aromatic N) is 5. The lowest BCUT2D eigenvalue weighted by molar-refractivity contribution is -0.141. The van der Waals surface area contributed by atoms with Crippen molar-refractivity contribution in [3.8, 4) is 11.1 Å². The van der Waals surface area contributed by atoms with Crippen LogP contribution in [-0.2, 0) is 10.9 Å². The van der Waals surface area contributed by atoms with Gasteiger partial charge in [-0.15, -0.1) is 0 Å². The molecular formula is C23H22F4N6O2. The van der Waals surface area contributed by atoms with Crippen molar-refractivity contribution >= 4 is 17.9 Å². The Morgan fingerprint density at radius 1 is 1.14 bits per heavy atom. The number of carbonyl (C=O) groups excluding carboxylic acids is 1. The van der Waals surface area contributed by atoms with Gasteiger partial charge in [-0.25, -0.2) is 14.2 Å². The van der Waals surface area contributed by atoms with Gasteiger partial charge in [0.15, 0.2) is 0 Å². The monoisotopic (exact) mass is 490 g/mol. The number of nitrogens with one attached hydrogen (secondary N) is 1. The largest absolute Gasteiger partial charge is 0.447 e. The first-order valence-electron chi connectivity index (χ1n) is 10.7. The number of halogens is 4. The smallest absolute Gasteiger partial charge is 0.433 e. The molecular weight excluding hydrogens is 468 g/mol. The summed E-state index contributed by atoms with van der Waals surface area (Å²) < 4.78 is 58.0. The van der Waals surface area contributed by atoms with Crippen LogP contribution in [0.1, 0.15) is 36.8 Å². The summed E-state index contributed by atoms with van der Waals surface area (Å²) in [5.41, 5.74) is 1.25. The molecule has 1 N–H and O–H groups in total. The minimum absolute atomic E-state index is 0.0723. The lowest BCUT2D eigenvalue weighted by Crippen LogP contribution is -2.39. The third-order valence-electron chi connectivity index (χ3n) is 5.61. The number of alkyl halides is 4. The van der Waals surface area contributed by atoms with Crippen molar-refractivity contribution in [2.75, 3.05) is 16.8 Å². The Morgan fingerprint density at radius 2 is 1.89 bits per heavy atom. The molecule has 1 fully saturated rings. The maximum absolute atomic E-state index is 13.9. The molecule has 3 aromatic heterocycles. The quantitative estimate of drug-likeness (QED) is 0.480. The molecule has 4 heterocycles. The Balaban J connectivity index is 1.54. The van der Waals surface area contributed by atoms with Gasteiger partial charge in [-0.3, -0.25) is 14.9 Å². The first-order valence-corrected chi connectivity index (χ1v) is 10.7. The SMILES string of the molecule is Cc1cc(C(C)Nc2nccc(N3C(=O)OCC3C(C)F)n2)ncc1-c1ccnc(C(F)(F)F)c1. The van der Waals surface area contributed by atoms with Crippen LogP contribution in [0, 0.1) is 6.92 Å². The van der Waals surface area contributed by atoms with E-state index in [-0.39, 0.29) is 24.4 Å². The number of pyridine rings is 2. The fraction of sp³-hybridized carbons (Fsp3) is 0.348. The van der Waals surface area contributed by atoms with Crippen LogP contribution in [0.5, 0.6) is 0 Å². The standard InChI is InChI=1S/C23H22F4N6O2/c1-12-8-17(30-10-16(12)15-4-6-28-19(9-15)23(25,26)27)14(3)31-21-29-7-5-20(32-21)33-18(13(2)24)11-35-22(33)34/h4-10,13-14,18H,11H2,1-3H3,(H,29,31,32). The molecule has 0 radical (unpaired) electrons. The van der Waals surface area contributed by atoms with E-state index >= 15 is 0 Å². The zero-order valence-corrected chi connectivity index (χ0v) is 19.0. The van der Waals surface area contributed by atoms with E-state index in [2.05, 4.69) is 25.3 Å². The van der Waals surface area contributed by atoms with Gasteiger partial charge in [-0.05, 0) is 56.2 Å². The van der Waals surface area contributed by atoms with Gasteiger partial charge in [0.2, 0.25) is 5.95 Å². The number of ether oxygens (including phenoxy) is 1. The van der Waals surface area contributed by atoms with E-state index in [0.717, 1.165) is 22.7 Å². The molecule has 3 aromatic rings. The predicted octanol–water partition coefficient (Wildman–Crippen LogP) is 5.12. The second-order valence-electron chi connectivity index (χ2n) is 8.15. The van der Waals surface area contributed by atoms with E-state index in [9.17, 15) is 22.4 Å². The lowest BCUT2D eigenvalue weighted by atomic mass is 10.0. The fourth-order valence-corrected chi connectivity index (χ4v) is 3.73. The minimum Gasteiger partial charge on any atom is -0.447 e. The van der Waals surface area contributed by atoms with Crippen molar-refractivity contribution < 1.29 is 27.1 Å². The van der Waals surface area contributed by atoms with Crippen molar-refractivity contribution in [1.82, 2.24) is 19.9 Å². The maximum Gasteiger partial charge on any atom is 0.433 e. The van der Waals surface area contributed by atoms with Crippen LogP contribution in [-0.4, -0.2) is 44.8 Å². The second kappa shape index (κ2) is 9.43. The third kappa shape index (κ3) is 5.15. The number of anilines is 2. The molecule has 3 unspecified atom stereocenters. The van der Waals surface area contributed by atoms with Crippen molar-refractivity contribution in [2.24, 2.45) is 0 Å². The second-order valence-corrected chi connectivity index (χ2v) is 8.15. The van der Waals surface area contributed by atoms with E-state index in [0.29, 0.717) is 16.8 Å². The van der Waals surface area contributed by atoms with E-state index in [4.69, 9.17) is 4.74 Å². The summed E-state index contributed by atoms with van der Waals surface area (Å²) in [4.78, 5) is 29.5. The Labute approximate surface area is 198 Å². The Bertz CT molecular complexity index is 1240. The highest BCUT2D eigenvalue weighted by molar-refractivity contribution is 5.89. The van der Waals surface area contributed by atoms with E-state index in [1.54, 1.807) is 13.0 Å². The molecule has 184 valence electrons. The summed E-state index contributed by atoms with van der Waals surface area (Å²) in [5.74, 6) is 0.386. The Hall–Kier alpha value is -3.83. The summed E-state index contributed by atoms with van der Waals surface area (Å²) in [6.07, 6.45) is -2.49. The summed E-state index contributed by atoms with van der Waals surface area (Å²) in [6, 6.07) is 4.55. The average Bonchev–Trinajstić information content (AvgIpc) is 3.20.